The fourth-order valence-electron chi connectivity index (χ4n) is 4.36. The molecule has 3 heterocycles. The van der Waals surface area contributed by atoms with Gasteiger partial charge in [-0.3, -0.25) is 4.90 Å². The standard InChI is InChI=1S/C21H18FNO3S/c22-17-3-1-2-14(8-17)10-23-11-19-18-9-15(16-6-7-26-13-16)4-5-20(18)27(24,25)21(19)12-23/h1-9,13,19,21H,10-12H2/t19-,21-/m0/s1. The van der Waals surface area contributed by atoms with Gasteiger partial charge >= 0.3 is 0 Å². The molecule has 0 unspecified atom stereocenters. The normalized spacial score (nSPS) is 23.3. The second-order valence-corrected chi connectivity index (χ2v) is 9.41. The third-order valence-corrected chi connectivity index (χ3v) is 7.87. The molecule has 1 fully saturated rings. The number of nitrogens with zero attached hydrogens (tertiary/aromatic N) is 1. The predicted octanol–water partition coefficient (Wildman–Crippen LogP) is 3.84. The van der Waals surface area contributed by atoms with Crippen molar-refractivity contribution in [2.24, 2.45) is 0 Å². The fraction of sp³-hybridized carbons (Fsp3) is 0.238. The zero-order valence-electron chi connectivity index (χ0n) is 14.5. The first-order valence-corrected chi connectivity index (χ1v) is 10.4. The van der Waals surface area contributed by atoms with Crippen LogP contribution in [0.3, 0.4) is 0 Å². The summed E-state index contributed by atoms with van der Waals surface area (Å²) < 4.78 is 44.6. The van der Waals surface area contributed by atoms with Gasteiger partial charge in [0.2, 0.25) is 0 Å². The van der Waals surface area contributed by atoms with Gasteiger partial charge in [0.15, 0.2) is 9.84 Å². The Morgan fingerprint density at radius 2 is 1.96 bits per heavy atom. The molecule has 1 saturated heterocycles. The molecular weight excluding hydrogens is 365 g/mol. The topological polar surface area (TPSA) is 50.5 Å². The van der Waals surface area contributed by atoms with Crippen molar-refractivity contribution in [1.29, 1.82) is 0 Å². The van der Waals surface area contributed by atoms with Crippen LogP contribution >= 0.6 is 0 Å². The van der Waals surface area contributed by atoms with Crippen LogP contribution in [0, 0.1) is 5.82 Å². The maximum absolute atomic E-state index is 13.4. The van der Waals surface area contributed by atoms with Gasteiger partial charge in [-0.25, -0.2) is 12.8 Å². The number of hydrogen-bond acceptors (Lipinski definition) is 4. The van der Waals surface area contributed by atoms with Gasteiger partial charge in [0, 0.05) is 31.1 Å². The van der Waals surface area contributed by atoms with E-state index in [1.807, 2.05) is 24.3 Å². The molecule has 27 heavy (non-hydrogen) atoms. The van der Waals surface area contributed by atoms with Crippen molar-refractivity contribution in [2.75, 3.05) is 13.1 Å². The molecule has 0 bridgehead atoms. The molecule has 2 aliphatic heterocycles. The average molecular weight is 383 g/mol. The van der Waals surface area contributed by atoms with Gasteiger partial charge in [0.05, 0.1) is 22.7 Å². The lowest BCUT2D eigenvalue weighted by molar-refractivity contribution is 0.325. The molecule has 0 saturated carbocycles. The largest absolute Gasteiger partial charge is 0.472 e. The number of rotatable bonds is 3. The third-order valence-electron chi connectivity index (χ3n) is 5.61. The van der Waals surface area contributed by atoms with E-state index in [1.165, 1.54) is 12.1 Å². The first-order chi connectivity index (χ1) is 13.0. The highest BCUT2D eigenvalue weighted by Gasteiger charge is 2.50. The van der Waals surface area contributed by atoms with Crippen LogP contribution in [0.15, 0.2) is 70.4 Å². The number of sulfone groups is 1. The van der Waals surface area contributed by atoms with Crippen LogP contribution in [-0.4, -0.2) is 31.7 Å². The van der Waals surface area contributed by atoms with E-state index in [0.29, 0.717) is 24.5 Å². The zero-order chi connectivity index (χ0) is 18.6. The van der Waals surface area contributed by atoms with E-state index in [4.69, 9.17) is 4.42 Å². The first kappa shape index (κ1) is 16.7. The summed E-state index contributed by atoms with van der Waals surface area (Å²) in [6, 6.07) is 13.9. The Morgan fingerprint density at radius 1 is 1.07 bits per heavy atom. The number of halogens is 1. The van der Waals surface area contributed by atoms with Crippen molar-refractivity contribution in [3.8, 4) is 11.1 Å². The van der Waals surface area contributed by atoms with E-state index in [-0.39, 0.29) is 11.7 Å². The molecule has 0 amide bonds. The Morgan fingerprint density at radius 3 is 2.74 bits per heavy atom. The first-order valence-electron chi connectivity index (χ1n) is 8.89. The lowest BCUT2D eigenvalue weighted by atomic mass is 9.95. The molecule has 4 nitrogen and oxygen atoms in total. The van der Waals surface area contributed by atoms with Crippen molar-refractivity contribution in [3.63, 3.8) is 0 Å². The van der Waals surface area contributed by atoms with E-state index < -0.39 is 15.1 Å². The molecule has 0 spiro atoms. The fourth-order valence-corrected chi connectivity index (χ4v) is 6.55. The molecule has 6 heteroatoms. The van der Waals surface area contributed by atoms with Crippen LogP contribution in [-0.2, 0) is 16.4 Å². The zero-order valence-corrected chi connectivity index (χ0v) is 15.3. The van der Waals surface area contributed by atoms with Gasteiger partial charge in [-0.15, -0.1) is 0 Å². The van der Waals surface area contributed by atoms with E-state index in [2.05, 4.69) is 4.90 Å². The quantitative estimate of drug-likeness (QED) is 0.690. The third kappa shape index (κ3) is 2.71. The second kappa shape index (κ2) is 6.04. The molecule has 0 N–H and O–H groups in total. The summed E-state index contributed by atoms with van der Waals surface area (Å²) >= 11 is 0. The SMILES string of the molecule is O=S1(=O)c2ccc(-c3ccoc3)cc2[C@@H]2CN(Cc3cccc(F)c3)C[C@@H]21. The van der Waals surface area contributed by atoms with Gasteiger partial charge in [-0.2, -0.15) is 0 Å². The molecule has 5 rings (SSSR count). The Bertz CT molecular complexity index is 1110. The van der Waals surface area contributed by atoms with Crippen LogP contribution in [0.5, 0.6) is 0 Å². The molecule has 1 aromatic heterocycles. The number of furan rings is 1. The predicted molar refractivity (Wildman–Crippen MR) is 99.5 cm³/mol. The van der Waals surface area contributed by atoms with Gasteiger partial charge in [-0.1, -0.05) is 18.2 Å². The number of hydrogen-bond donors (Lipinski definition) is 0. The summed E-state index contributed by atoms with van der Waals surface area (Å²) in [6.07, 6.45) is 3.27. The molecule has 0 aliphatic carbocycles. The second-order valence-electron chi connectivity index (χ2n) is 7.28. The van der Waals surface area contributed by atoms with Gasteiger partial charge in [-0.05, 0) is 47.0 Å². The van der Waals surface area contributed by atoms with E-state index in [1.54, 1.807) is 24.7 Å². The number of benzene rings is 2. The van der Waals surface area contributed by atoms with Crippen molar-refractivity contribution >= 4 is 9.84 Å². The molecule has 3 aromatic rings. The highest BCUT2D eigenvalue weighted by atomic mass is 32.2. The van der Waals surface area contributed by atoms with Crippen molar-refractivity contribution in [1.82, 2.24) is 4.90 Å². The minimum Gasteiger partial charge on any atom is -0.472 e. The van der Waals surface area contributed by atoms with Crippen molar-refractivity contribution in [3.05, 3.63) is 78.0 Å². The lowest BCUT2D eigenvalue weighted by Crippen LogP contribution is -2.25. The van der Waals surface area contributed by atoms with E-state index in [9.17, 15) is 12.8 Å². The minimum absolute atomic E-state index is 0.0505. The average Bonchev–Trinajstić information content (AvgIpc) is 3.34. The van der Waals surface area contributed by atoms with Crippen LogP contribution in [0.1, 0.15) is 17.0 Å². The number of fused-ring (bicyclic) bond motifs is 3. The van der Waals surface area contributed by atoms with E-state index >= 15 is 0 Å². The van der Waals surface area contributed by atoms with E-state index in [0.717, 1.165) is 22.3 Å². The Balaban J connectivity index is 1.47. The van der Waals surface area contributed by atoms with Gasteiger partial charge in [0.25, 0.3) is 0 Å². The summed E-state index contributed by atoms with van der Waals surface area (Å²) in [4.78, 5) is 2.56. The highest BCUT2D eigenvalue weighted by molar-refractivity contribution is 7.92. The van der Waals surface area contributed by atoms with Crippen molar-refractivity contribution < 1.29 is 17.2 Å². The Hall–Kier alpha value is -2.44. The highest BCUT2D eigenvalue weighted by Crippen LogP contribution is 2.46. The minimum atomic E-state index is -3.34. The van der Waals surface area contributed by atoms with Crippen LogP contribution < -0.4 is 0 Å². The molecular formula is C21H18FNO3S. The summed E-state index contributed by atoms with van der Waals surface area (Å²) in [5.41, 5.74) is 3.65. The molecule has 2 atom stereocenters. The molecule has 2 aromatic carbocycles. The van der Waals surface area contributed by atoms with Gasteiger partial charge < -0.3 is 4.42 Å². The maximum Gasteiger partial charge on any atom is 0.183 e. The van der Waals surface area contributed by atoms with Crippen molar-refractivity contribution in [2.45, 2.75) is 22.6 Å². The summed E-state index contributed by atoms with van der Waals surface area (Å²) in [6.45, 7) is 1.68. The molecule has 138 valence electrons. The maximum atomic E-state index is 13.4. The summed E-state index contributed by atoms with van der Waals surface area (Å²) in [5.74, 6) is -0.319. The Labute approximate surface area is 157 Å². The lowest BCUT2D eigenvalue weighted by Gasteiger charge is -2.17. The smallest absolute Gasteiger partial charge is 0.183 e. The van der Waals surface area contributed by atoms with Crippen LogP contribution in [0.2, 0.25) is 0 Å². The molecule has 2 aliphatic rings. The Kier molecular flexibility index (Phi) is 3.74. The van der Waals surface area contributed by atoms with Gasteiger partial charge in [0.1, 0.15) is 5.82 Å². The van der Waals surface area contributed by atoms with Crippen LogP contribution in [0.25, 0.3) is 11.1 Å². The monoisotopic (exact) mass is 383 g/mol. The summed E-state index contributed by atoms with van der Waals surface area (Å²) in [7, 11) is -3.34. The molecule has 0 radical (unpaired) electrons. The van der Waals surface area contributed by atoms with Crippen LogP contribution in [0.4, 0.5) is 4.39 Å². The number of likely N-dealkylation sites (tertiary alicyclic amines) is 1. The summed E-state index contributed by atoms with van der Waals surface area (Å²) in [5, 5.41) is -0.430.